The molecular weight excluding hydrogens is 596 g/mol. The van der Waals surface area contributed by atoms with Gasteiger partial charge in [-0.2, -0.15) is 0 Å². The maximum atomic E-state index is 13.9. The highest BCUT2D eigenvalue weighted by atomic mass is 19.3. The van der Waals surface area contributed by atoms with Gasteiger partial charge in [-0.3, -0.25) is 9.59 Å². The van der Waals surface area contributed by atoms with Crippen LogP contribution in [0.25, 0.3) is 11.9 Å². The minimum atomic E-state index is -2.95. The van der Waals surface area contributed by atoms with E-state index in [0.29, 0.717) is 48.3 Å². The van der Waals surface area contributed by atoms with E-state index < -0.39 is 11.8 Å². The summed E-state index contributed by atoms with van der Waals surface area (Å²) in [6.07, 6.45) is 23.1. The average molecular weight is 640 g/mol. The first-order valence-electron chi connectivity index (χ1n) is 16.5. The van der Waals surface area contributed by atoms with Crippen LogP contribution in [-0.4, -0.2) is 41.8 Å². The third kappa shape index (κ3) is 8.44. The number of allylic oxidation sites excluding steroid dienone is 10. The predicted molar refractivity (Wildman–Crippen MR) is 182 cm³/mol. The van der Waals surface area contributed by atoms with Crippen molar-refractivity contribution in [1.82, 2.24) is 10.2 Å². The summed E-state index contributed by atoms with van der Waals surface area (Å²) >= 11 is 0. The van der Waals surface area contributed by atoms with Crippen LogP contribution >= 0.6 is 0 Å². The largest absolute Gasteiger partial charge is 0.462 e. The van der Waals surface area contributed by atoms with Crippen LogP contribution in [0.4, 0.5) is 8.78 Å². The fourth-order valence-corrected chi connectivity index (χ4v) is 6.58. The topological polar surface area (TPSA) is 82.5 Å². The van der Waals surface area contributed by atoms with Crippen molar-refractivity contribution < 1.29 is 23.1 Å². The van der Waals surface area contributed by atoms with Gasteiger partial charge in [0, 0.05) is 59.1 Å². The summed E-state index contributed by atoms with van der Waals surface area (Å²) < 4.78 is 33.6. The number of amides is 1. The first-order valence-corrected chi connectivity index (χ1v) is 16.5. The van der Waals surface area contributed by atoms with Gasteiger partial charge < -0.3 is 20.4 Å². The number of alkyl halides is 2. The number of benzene rings is 1. The van der Waals surface area contributed by atoms with Crippen molar-refractivity contribution >= 4 is 29.8 Å². The number of nitrogens with one attached hydrogen (secondary N) is 2. The van der Waals surface area contributed by atoms with Crippen LogP contribution in [0.15, 0.2) is 90.1 Å². The number of ether oxygens (including phenoxy) is 1. The molecule has 0 spiro atoms. The minimum Gasteiger partial charge on any atom is -0.462 e. The molecule has 0 aromatic heterocycles. The highest BCUT2D eigenvalue weighted by Gasteiger charge is 2.35. The molecule has 2 atom stereocenters. The Morgan fingerprint density at radius 2 is 2.04 bits per heavy atom. The van der Waals surface area contributed by atoms with Crippen molar-refractivity contribution in [3.63, 3.8) is 0 Å². The third-order valence-electron chi connectivity index (χ3n) is 9.30. The molecule has 1 heterocycles. The Hall–Kier alpha value is -4.55. The summed E-state index contributed by atoms with van der Waals surface area (Å²) in [7, 11) is 0. The van der Waals surface area contributed by atoms with E-state index >= 15 is 0 Å². The number of nitrogens with zero attached hydrogens (tertiary/aromatic N) is 1. The highest BCUT2D eigenvalue weighted by Crippen LogP contribution is 2.34. The number of halogens is 2. The summed E-state index contributed by atoms with van der Waals surface area (Å²) in [5.41, 5.74) is 6.97. The van der Waals surface area contributed by atoms with Crippen molar-refractivity contribution in [3.05, 3.63) is 112 Å². The molecule has 5 rings (SSSR count). The van der Waals surface area contributed by atoms with Crippen molar-refractivity contribution in [3.8, 4) is 0 Å². The Balaban J connectivity index is 1.16. The molecule has 1 aromatic rings. The number of rotatable bonds is 12. The lowest BCUT2D eigenvalue weighted by molar-refractivity contribution is -0.111. The first kappa shape index (κ1) is 33.8. The second-order valence-corrected chi connectivity index (χ2v) is 12.5. The Morgan fingerprint density at radius 3 is 2.74 bits per heavy atom. The molecule has 0 bridgehead atoms. The van der Waals surface area contributed by atoms with Crippen LogP contribution in [-0.2, 0) is 16.0 Å². The number of hydrogen-bond acceptors (Lipinski definition) is 5. The van der Waals surface area contributed by atoms with Crippen molar-refractivity contribution in [1.29, 1.82) is 5.41 Å². The van der Waals surface area contributed by atoms with E-state index in [1.165, 1.54) is 17.9 Å². The smallest absolute Gasteiger partial charge is 0.272 e. The van der Waals surface area contributed by atoms with Gasteiger partial charge in [0.25, 0.3) is 11.8 Å². The van der Waals surface area contributed by atoms with Crippen LogP contribution in [0.5, 0.6) is 0 Å². The first-order chi connectivity index (χ1) is 22.7. The van der Waals surface area contributed by atoms with Gasteiger partial charge >= 0.3 is 0 Å². The molecule has 3 aliphatic carbocycles. The van der Waals surface area contributed by atoms with Gasteiger partial charge in [0.05, 0.1) is 6.54 Å². The zero-order valence-electron chi connectivity index (χ0n) is 27.0. The molecule has 47 heavy (non-hydrogen) atoms. The molecule has 1 amide bonds. The van der Waals surface area contributed by atoms with E-state index in [1.807, 2.05) is 43.5 Å². The van der Waals surface area contributed by atoms with E-state index in [-0.39, 0.29) is 24.7 Å². The maximum absolute atomic E-state index is 13.9. The second-order valence-electron chi connectivity index (χ2n) is 12.5. The Morgan fingerprint density at radius 1 is 1.19 bits per heavy atom. The Bertz CT molecular complexity index is 1740. The summed E-state index contributed by atoms with van der Waals surface area (Å²) in [5, 5.41) is 12.0. The fourth-order valence-electron chi connectivity index (χ4n) is 6.58. The molecule has 8 heteroatoms. The van der Waals surface area contributed by atoms with E-state index in [4.69, 9.17) is 10.1 Å². The predicted octanol–water partition coefficient (Wildman–Crippen LogP) is 6.55. The summed E-state index contributed by atoms with van der Waals surface area (Å²) in [6, 6.07) is 3.77. The SMILES string of the molecule is C=CC(F)(F)C1C=CC(OC2=CC=C(C(=O)C=C3CCCC(CN4C=C=c5ccc(C(=O)NCC=N)c(CC)c5=C4)CC3)CC2)=CC1. The molecular formula is C39H43F2N3O3. The maximum Gasteiger partial charge on any atom is 0.272 e. The number of ketones is 1. The molecule has 0 radical (unpaired) electrons. The van der Waals surface area contributed by atoms with Crippen molar-refractivity contribution in [2.24, 2.45) is 11.8 Å². The van der Waals surface area contributed by atoms with Gasteiger partial charge in [0.2, 0.25) is 0 Å². The molecule has 2 N–H and O–H groups in total. The number of hydrogen-bond donors (Lipinski definition) is 2. The lowest BCUT2D eigenvalue weighted by atomic mass is 9.93. The standard InChI is InChI=1S/C39H43F2N3O3/c1-3-34-35(38(46)43-22-21-42)19-12-29-20-23-44(26-36(29)34)25-28-7-5-6-27(8-9-28)24-37(45)30-10-15-32(16-11-30)47-33-17-13-31(14-18-33)39(40,41)4-2/h4,10,12-13,15,17-19,21,23-24,26,28,31,42H,2-3,5-9,11,14,16,22,25H2,1H3,(H,43,46). The highest BCUT2D eigenvalue weighted by molar-refractivity contribution is 6.04. The summed E-state index contributed by atoms with van der Waals surface area (Å²) in [4.78, 5) is 28.0. The van der Waals surface area contributed by atoms with Crippen molar-refractivity contribution in [2.75, 3.05) is 13.1 Å². The Labute approximate surface area is 275 Å². The monoisotopic (exact) mass is 639 g/mol. The van der Waals surface area contributed by atoms with Gasteiger partial charge in [-0.25, -0.2) is 8.78 Å². The van der Waals surface area contributed by atoms with Crippen LogP contribution in [0, 0.1) is 17.2 Å². The van der Waals surface area contributed by atoms with Crippen LogP contribution < -0.4 is 15.8 Å². The lowest BCUT2D eigenvalue weighted by Crippen LogP contribution is -2.37. The van der Waals surface area contributed by atoms with E-state index in [9.17, 15) is 18.4 Å². The van der Waals surface area contributed by atoms with E-state index in [1.54, 1.807) is 12.2 Å². The van der Waals surface area contributed by atoms with Crippen molar-refractivity contribution in [2.45, 2.75) is 70.6 Å². The normalized spacial score (nSPS) is 21.6. The summed E-state index contributed by atoms with van der Waals surface area (Å²) in [5.74, 6) is -2.26. The van der Waals surface area contributed by atoms with Gasteiger partial charge in [0.15, 0.2) is 5.78 Å². The van der Waals surface area contributed by atoms with Gasteiger partial charge in [-0.15, -0.1) is 0 Å². The molecule has 0 saturated heterocycles. The Kier molecular flexibility index (Phi) is 11.0. The molecule has 1 saturated carbocycles. The van der Waals surface area contributed by atoms with Gasteiger partial charge in [-0.1, -0.05) is 37.0 Å². The third-order valence-corrected chi connectivity index (χ3v) is 9.30. The van der Waals surface area contributed by atoms with Gasteiger partial charge in [-0.05, 0) is 105 Å². The molecule has 246 valence electrons. The zero-order valence-corrected chi connectivity index (χ0v) is 27.0. The van der Waals surface area contributed by atoms with Crippen LogP contribution in [0.2, 0.25) is 0 Å². The molecule has 1 aromatic carbocycles. The fraction of sp³-hybridized carbons (Fsp3) is 0.385. The zero-order chi connectivity index (χ0) is 33.4. The van der Waals surface area contributed by atoms with E-state index in [0.717, 1.165) is 60.2 Å². The van der Waals surface area contributed by atoms with Crippen LogP contribution in [0.1, 0.15) is 74.2 Å². The quantitative estimate of drug-likeness (QED) is 0.118. The summed E-state index contributed by atoms with van der Waals surface area (Å²) in [6.45, 7) is 6.33. The molecule has 6 nitrogen and oxygen atoms in total. The van der Waals surface area contributed by atoms with Gasteiger partial charge in [0.1, 0.15) is 11.5 Å². The molecule has 1 aliphatic heterocycles. The second kappa shape index (κ2) is 15.4. The number of fused-ring (bicyclic) bond motifs is 1. The lowest BCUT2D eigenvalue weighted by Gasteiger charge is -2.23. The molecule has 2 unspecified atom stereocenters. The van der Waals surface area contributed by atoms with E-state index in [2.05, 4.69) is 28.7 Å². The molecule has 4 aliphatic rings. The number of carbonyl (C=O) groups excluding carboxylic acids is 2. The number of carbonyl (C=O) groups is 2. The minimum absolute atomic E-state index is 0.0473. The molecule has 1 fully saturated rings. The average Bonchev–Trinajstić information content (AvgIpc) is 3.31. The van der Waals surface area contributed by atoms with Crippen LogP contribution in [0.3, 0.4) is 0 Å².